The van der Waals surface area contributed by atoms with E-state index in [9.17, 15) is 9.18 Å². The van der Waals surface area contributed by atoms with Crippen LogP contribution < -0.4 is 0 Å². The Hall–Kier alpha value is -1.09. The van der Waals surface area contributed by atoms with Gasteiger partial charge < -0.3 is 5.11 Å². The van der Waals surface area contributed by atoms with E-state index in [0.29, 0.717) is 16.1 Å². The summed E-state index contributed by atoms with van der Waals surface area (Å²) < 4.78 is 13.2. The highest BCUT2D eigenvalue weighted by molar-refractivity contribution is 6.31. The number of carboxylic acids is 1. The number of carboxylic acid groups (broad SMARTS) is 1. The van der Waals surface area contributed by atoms with Gasteiger partial charge >= 0.3 is 5.97 Å². The van der Waals surface area contributed by atoms with Gasteiger partial charge in [-0.2, -0.15) is 0 Å². The Bertz CT molecular complexity index is 363. The molecule has 0 aliphatic rings. The van der Waals surface area contributed by atoms with Crippen LogP contribution in [0.15, 0.2) is 12.1 Å². The van der Waals surface area contributed by atoms with Crippen LogP contribution in [0.1, 0.15) is 17.5 Å². The second-order valence-electron chi connectivity index (χ2n) is 3.03. The Balaban J connectivity index is 2.95. The number of halogens is 2. The molecule has 4 heteroatoms. The van der Waals surface area contributed by atoms with Crippen molar-refractivity contribution in [2.45, 2.75) is 19.8 Å². The molecule has 0 heterocycles. The summed E-state index contributed by atoms with van der Waals surface area (Å²) in [5.41, 5.74) is 1.01. The highest BCUT2D eigenvalue weighted by Crippen LogP contribution is 2.22. The zero-order valence-corrected chi connectivity index (χ0v) is 8.44. The number of carbonyl (C=O) groups is 1. The van der Waals surface area contributed by atoms with E-state index >= 15 is 0 Å². The molecule has 76 valence electrons. The molecular formula is C10H10ClFO2. The highest BCUT2D eigenvalue weighted by Gasteiger charge is 2.10. The van der Waals surface area contributed by atoms with Crippen molar-refractivity contribution in [3.63, 3.8) is 0 Å². The minimum atomic E-state index is -0.941. The molecule has 1 aromatic rings. The maximum absolute atomic E-state index is 13.2. The van der Waals surface area contributed by atoms with Crippen molar-refractivity contribution in [3.05, 3.63) is 34.1 Å². The van der Waals surface area contributed by atoms with Crippen molar-refractivity contribution in [1.82, 2.24) is 0 Å². The van der Waals surface area contributed by atoms with Crippen LogP contribution in [0.3, 0.4) is 0 Å². The maximum atomic E-state index is 13.2. The quantitative estimate of drug-likeness (QED) is 0.844. The lowest BCUT2D eigenvalue weighted by atomic mass is 10.0. The second-order valence-corrected chi connectivity index (χ2v) is 3.43. The first-order chi connectivity index (χ1) is 6.52. The van der Waals surface area contributed by atoms with E-state index in [0.717, 1.165) is 0 Å². The number of hydrogen-bond donors (Lipinski definition) is 1. The van der Waals surface area contributed by atoms with Crippen molar-refractivity contribution < 1.29 is 14.3 Å². The van der Waals surface area contributed by atoms with Gasteiger partial charge in [0.15, 0.2) is 0 Å². The van der Waals surface area contributed by atoms with Crippen molar-refractivity contribution in [2.75, 3.05) is 0 Å². The van der Waals surface area contributed by atoms with Crippen LogP contribution in [-0.4, -0.2) is 11.1 Å². The molecule has 2 nitrogen and oxygen atoms in total. The Morgan fingerprint density at radius 2 is 2.21 bits per heavy atom. The molecule has 0 aliphatic heterocycles. The lowest BCUT2D eigenvalue weighted by molar-refractivity contribution is -0.136. The van der Waals surface area contributed by atoms with Crippen molar-refractivity contribution in [3.8, 4) is 0 Å². The topological polar surface area (TPSA) is 37.3 Å². The van der Waals surface area contributed by atoms with E-state index in [1.165, 1.54) is 12.1 Å². The van der Waals surface area contributed by atoms with Crippen LogP contribution in [0.5, 0.6) is 0 Å². The van der Waals surface area contributed by atoms with Crippen molar-refractivity contribution in [2.24, 2.45) is 0 Å². The summed E-state index contributed by atoms with van der Waals surface area (Å²) in [5, 5.41) is 8.94. The normalized spacial score (nSPS) is 10.2. The summed E-state index contributed by atoms with van der Waals surface area (Å²) in [6, 6.07) is 2.73. The molecule has 1 aromatic carbocycles. The summed E-state index contributed by atoms with van der Waals surface area (Å²) in [4.78, 5) is 10.3. The summed E-state index contributed by atoms with van der Waals surface area (Å²) in [6.07, 6.45) is 0.0890. The molecule has 0 bridgehead atoms. The van der Waals surface area contributed by atoms with Crippen LogP contribution in [0.25, 0.3) is 0 Å². The predicted molar refractivity (Wildman–Crippen MR) is 52.1 cm³/mol. The third-order valence-corrected chi connectivity index (χ3v) is 2.47. The third-order valence-electron chi connectivity index (χ3n) is 2.06. The van der Waals surface area contributed by atoms with Gasteiger partial charge in [0.1, 0.15) is 5.82 Å². The summed E-state index contributed by atoms with van der Waals surface area (Å²) in [5.74, 6) is -1.34. The van der Waals surface area contributed by atoms with Crippen molar-refractivity contribution in [1.29, 1.82) is 0 Å². The second kappa shape index (κ2) is 4.42. The minimum absolute atomic E-state index is 0.0852. The van der Waals surface area contributed by atoms with Crippen molar-refractivity contribution >= 4 is 17.6 Å². The first-order valence-corrected chi connectivity index (χ1v) is 4.55. The van der Waals surface area contributed by atoms with Gasteiger partial charge in [-0.1, -0.05) is 11.6 Å². The molecule has 14 heavy (non-hydrogen) atoms. The fourth-order valence-electron chi connectivity index (χ4n) is 1.23. The fraction of sp³-hybridized carbons (Fsp3) is 0.300. The zero-order valence-electron chi connectivity index (χ0n) is 7.68. The highest BCUT2D eigenvalue weighted by atomic mass is 35.5. The molecule has 1 rings (SSSR count). The Kier molecular flexibility index (Phi) is 3.47. The summed E-state index contributed by atoms with van der Waals surface area (Å²) in [6.45, 7) is 1.68. The molecule has 0 amide bonds. The SMILES string of the molecule is Cc1c(Cl)ccc(F)c1CCC(=O)O. The number of rotatable bonds is 3. The molecule has 1 N–H and O–H groups in total. The van der Waals surface area contributed by atoms with E-state index in [1.807, 2.05) is 0 Å². The van der Waals surface area contributed by atoms with Gasteiger partial charge in [0.05, 0.1) is 0 Å². The number of aliphatic carboxylic acids is 1. The van der Waals surface area contributed by atoms with Crippen LogP contribution in [-0.2, 0) is 11.2 Å². The summed E-state index contributed by atoms with van der Waals surface area (Å²) >= 11 is 5.79. The molecule has 0 atom stereocenters. The molecule has 0 fully saturated rings. The van der Waals surface area contributed by atoms with Crippen LogP contribution in [0.4, 0.5) is 4.39 Å². The van der Waals surface area contributed by atoms with E-state index in [1.54, 1.807) is 6.92 Å². The monoisotopic (exact) mass is 216 g/mol. The molecule has 0 aromatic heterocycles. The van der Waals surface area contributed by atoms with Gasteiger partial charge in [0, 0.05) is 11.4 Å². The van der Waals surface area contributed by atoms with E-state index in [4.69, 9.17) is 16.7 Å². The molecule has 0 saturated carbocycles. The first kappa shape index (κ1) is 11.0. The number of benzene rings is 1. The largest absolute Gasteiger partial charge is 0.481 e. The molecule has 0 saturated heterocycles. The lowest BCUT2D eigenvalue weighted by Crippen LogP contribution is -2.01. The standard InChI is InChI=1S/C10H10ClFO2/c1-6-7(2-5-10(13)14)9(12)4-3-8(6)11/h3-4H,2,5H2,1H3,(H,13,14). The molecule has 0 aliphatic carbocycles. The van der Waals surface area contributed by atoms with Crippen LogP contribution >= 0.6 is 11.6 Å². The minimum Gasteiger partial charge on any atom is -0.481 e. The third kappa shape index (κ3) is 2.45. The van der Waals surface area contributed by atoms with Crippen LogP contribution in [0, 0.1) is 12.7 Å². The van der Waals surface area contributed by atoms with E-state index in [-0.39, 0.29) is 12.8 Å². The van der Waals surface area contributed by atoms with Gasteiger partial charge in [-0.15, -0.1) is 0 Å². The average molecular weight is 217 g/mol. The lowest BCUT2D eigenvalue weighted by Gasteiger charge is -2.07. The van der Waals surface area contributed by atoms with E-state index in [2.05, 4.69) is 0 Å². The molecule has 0 unspecified atom stereocenters. The molecule has 0 spiro atoms. The Morgan fingerprint density at radius 1 is 1.57 bits per heavy atom. The molecule has 0 radical (unpaired) electrons. The average Bonchev–Trinajstić information content (AvgIpc) is 2.11. The first-order valence-electron chi connectivity index (χ1n) is 4.17. The fourth-order valence-corrected chi connectivity index (χ4v) is 1.41. The van der Waals surface area contributed by atoms with Crippen LogP contribution in [0.2, 0.25) is 5.02 Å². The summed E-state index contributed by atoms with van der Waals surface area (Å²) in [7, 11) is 0. The van der Waals surface area contributed by atoms with Gasteiger partial charge in [-0.25, -0.2) is 4.39 Å². The Morgan fingerprint density at radius 3 is 2.79 bits per heavy atom. The Labute approximate surface area is 86.3 Å². The molecular weight excluding hydrogens is 207 g/mol. The smallest absolute Gasteiger partial charge is 0.303 e. The van der Waals surface area contributed by atoms with Gasteiger partial charge in [-0.05, 0) is 36.6 Å². The van der Waals surface area contributed by atoms with E-state index < -0.39 is 11.8 Å². The predicted octanol–water partition coefficient (Wildman–Crippen LogP) is 2.80. The maximum Gasteiger partial charge on any atom is 0.303 e. The van der Waals surface area contributed by atoms with Gasteiger partial charge in [-0.3, -0.25) is 4.79 Å². The van der Waals surface area contributed by atoms with Gasteiger partial charge in [0.2, 0.25) is 0 Å². The number of hydrogen-bond acceptors (Lipinski definition) is 1. The zero-order chi connectivity index (χ0) is 10.7. The van der Waals surface area contributed by atoms with Gasteiger partial charge in [0.25, 0.3) is 0 Å².